The van der Waals surface area contributed by atoms with Crippen LogP contribution in [0.4, 0.5) is 0 Å². The molecule has 4 rings (SSSR count). The topological polar surface area (TPSA) is 80.9 Å². The number of phenolic OH excluding ortho intramolecular Hbond substituents is 4. The molecule has 0 aliphatic carbocycles. The molecule has 0 bridgehead atoms. The van der Waals surface area contributed by atoms with Gasteiger partial charge in [0.05, 0.1) is 0 Å². The fourth-order valence-electron chi connectivity index (χ4n) is 4.75. The SMILES string of the molecule is Cc1ccc(O)c(C(c2cc(C)ccc2O)C(c2cc(C)ccc2O)c2cc(C)ccc2O)c1. The van der Waals surface area contributed by atoms with Crippen LogP contribution in [-0.2, 0) is 0 Å². The summed E-state index contributed by atoms with van der Waals surface area (Å²) >= 11 is 0. The molecule has 0 aromatic heterocycles. The number of phenols is 4. The lowest BCUT2D eigenvalue weighted by molar-refractivity contribution is 0.431. The average molecular weight is 455 g/mol. The second-order valence-corrected chi connectivity index (χ2v) is 9.20. The van der Waals surface area contributed by atoms with Crippen molar-refractivity contribution >= 4 is 0 Å². The smallest absolute Gasteiger partial charge is 0.119 e. The zero-order valence-corrected chi connectivity index (χ0v) is 19.9. The van der Waals surface area contributed by atoms with Gasteiger partial charge in [-0.15, -0.1) is 0 Å². The maximum absolute atomic E-state index is 11.0. The van der Waals surface area contributed by atoms with Crippen molar-refractivity contribution in [1.82, 2.24) is 0 Å². The summed E-state index contributed by atoms with van der Waals surface area (Å²) in [6.45, 7) is 7.78. The Kier molecular flexibility index (Phi) is 6.25. The number of hydrogen-bond acceptors (Lipinski definition) is 4. The molecule has 4 nitrogen and oxygen atoms in total. The van der Waals surface area contributed by atoms with Crippen molar-refractivity contribution in [2.45, 2.75) is 39.5 Å². The van der Waals surface area contributed by atoms with E-state index in [0.29, 0.717) is 22.3 Å². The predicted octanol–water partition coefficient (Wildman–Crippen LogP) is 6.71. The average Bonchev–Trinajstić information content (AvgIpc) is 2.79. The van der Waals surface area contributed by atoms with Crippen molar-refractivity contribution in [2.75, 3.05) is 0 Å². The van der Waals surface area contributed by atoms with Crippen LogP contribution in [0.15, 0.2) is 72.8 Å². The third-order valence-electron chi connectivity index (χ3n) is 6.41. The molecule has 0 radical (unpaired) electrons. The maximum Gasteiger partial charge on any atom is 0.119 e. The van der Waals surface area contributed by atoms with Crippen LogP contribution in [-0.4, -0.2) is 20.4 Å². The van der Waals surface area contributed by atoms with Gasteiger partial charge in [-0.2, -0.15) is 0 Å². The van der Waals surface area contributed by atoms with Gasteiger partial charge >= 0.3 is 0 Å². The van der Waals surface area contributed by atoms with Crippen molar-refractivity contribution in [2.24, 2.45) is 0 Å². The van der Waals surface area contributed by atoms with E-state index in [0.717, 1.165) is 22.3 Å². The maximum atomic E-state index is 11.0. The fourth-order valence-corrected chi connectivity index (χ4v) is 4.75. The first-order valence-corrected chi connectivity index (χ1v) is 11.3. The quantitative estimate of drug-likeness (QED) is 0.270. The van der Waals surface area contributed by atoms with Gasteiger partial charge in [-0.1, -0.05) is 70.8 Å². The molecule has 0 unspecified atom stereocenters. The minimum absolute atomic E-state index is 0.0841. The standard InChI is InChI=1S/C30H30O4/c1-17-5-9-25(31)21(13-17)29(22-14-18(2)6-10-26(22)32)30(23-15-19(3)7-11-27(23)33)24-16-20(4)8-12-28(24)34/h5-16,29-34H,1-4H3. The molecule has 0 saturated carbocycles. The Morgan fingerprint density at radius 3 is 0.794 bits per heavy atom. The largest absolute Gasteiger partial charge is 0.508 e. The van der Waals surface area contributed by atoms with E-state index >= 15 is 0 Å². The number of hydrogen-bond donors (Lipinski definition) is 4. The van der Waals surface area contributed by atoms with E-state index in [1.807, 2.05) is 76.2 Å². The molecule has 0 aliphatic heterocycles. The van der Waals surface area contributed by atoms with E-state index in [-0.39, 0.29) is 23.0 Å². The molecule has 0 saturated heterocycles. The van der Waals surface area contributed by atoms with Gasteiger partial charge in [0.15, 0.2) is 0 Å². The van der Waals surface area contributed by atoms with E-state index in [1.165, 1.54) is 0 Å². The number of aromatic hydroxyl groups is 4. The molecule has 0 spiro atoms. The molecule has 0 aliphatic rings. The van der Waals surface area contributed by atoms with Crippen LogP contribution in [0.25, 0.3) is 0 Å². The van der Waals surface area contributed by atoms with Crippen molar-refractivity contribution in [3.05, 3.63) is 117 Å². The summed E-state index contributed by atoms with van der Waals surface area (Å²) < 4.78 is 0. The fraction of sp³-hybridized carbons (Fsp3) is 0.200. The summed E-state index contributed by atoms with van der Waals surface area (Å²) in [5.74, 6) is -0.858. The first-order valence-electron chi connectivity index (χ1n) is 11.3. The lowest BCUT2D eigenvalue weighted by Crippen LogP contribution is -2.16. The van der Waals surface area contributed by atoms with E-state index in [1.54, 1.807) is 24.3 Å². The minimum atomic E-state index is -0.597. The van der Waals surface area contributed by atoms with Gasteiger partial charge in [0.25, 0.3) is 0 Å². The number of rotatable bonds is 5. The molecule has 4 heteroatoms. The summed E-state index contributed by atoms with van der Waals surface area (Å²) in [4.78, 5) is 0. The summed E-state index contributed by atoms with van der Waals surface area (Å²) in [6.07, 6.45) is 0. The highest BCUT2D eigenvalue weighted by molar-refractivity contribution is 5.58. The highest BCUT2D eigenvalue weighted by atomic mass is 16.3. The van der Waals surface area contributed by atoms with Crippen LogP contribution < -0.4 is 0 Å². The van der Waals surface area contributed by atoms with Gasteiger partial charge in [-0.05, 0) is 52.0 Å². The first-order chi connectivity index (χ1) is 16.2. The van der Waals surface area contributed by atoms with Gasteiger partial charge < -0.3 is 20.4 Å². The van der Waals surface area contributed by atoms with Crippen LogP contribution in [0.1, 0.15) is 56.3 Å². The van der Waals surface area contributed by atoms with Crippen LogP contribution in [0.5, 0.6) is 23.0 Å². The van der Waals surface area contributed by atoms with Gasteiger partial charge in [-0.3, -0.25) is 0 Å². The molecule has 4 aromatic carbocycles. The van der Waals surface area contributed by atoms with Crippen LogP contribution >= 0.6 is 0 Å². The van der Waals surface area contributed by atoms with Crippen molar-refractivity contribution in [1.29, 1.82) is 0 Å². The number of aryl methyl sites for hydroxylation is 4. The Bertz CT molecular complexity index is 1150. The highest BCUT2D eigenvalue weighted by Gasteiger charge is 2.35. The van der Waals surface area contributed by atoms with Crippen molar-refractivity contribution in [3.63, 3.8) is 0 Å². The summed E-state index contributed by atoms with van der Waals surface area (Å²) in [5.41, 5.74) is 6.22. The summed E-state index contributed by atoms with van der Waals surface area (Å²) in [6, 6.07) is 21.5. The molecule has 34 heavy (non-hydrogen) atoms. The van der Waals surface area contributed by atoms with Gasteiger partial charge in [0.1, 0.15) is 23.0 Å². The lowest BCUT2D eigenvalue weighted by Gasteiger charge is -2.32. The zero-order chi connectivity index (χ0) is 24.6. The van der Waals surface area contributed by atoms with E-state index in [4.69, 9.17) is 0 Å². The molecular weight excluding hydrogens is 424 g/mol. The zero-order valence-electron chi connectivity index (χ0n) is 19.9. The van der Waals surface area contributed by atoms with Crippen LogP contribution in [0.3, 0.4) is 0 Å². The van der Waals surface area contributed by atoms with Gasteiger partial charge in [0, 0.05) is 34.1 Å². The third-order valence-corrected chi connectivity index (χ3v) is 6.41. The highest BCUT2D eigenvalue weighted by Crippen LogP contribution is 2.51. The van der Waals surface area contributed by atoms with Gasteiger partial charge in [0.2, 0.25) is 0 Å². The molecule has 0 atom stereocenters. The Hall–Kier alpha value is -3.92. The van der Waals surface area contributed by atoms with E-state index in [2.05, 4.69) is 0 Å². The van der Waals surface area contributed by atoms with E-state index in [9.17, 15) is 20.4 Å². The minimum Gasteiger partial charge on any atom is -0.508 e. The Labute approximate surface area is 200 Å². The van der Waals surface area contributed by atoms with Crippen molar-refractivity contribution in [3.8, 4) is 23.0 Å². The van der Waals surface area contributed by atoms with E-state index < -0.39 is 11.8 Å². The normalized spacial score (nSPS) is 11.4. The second kappa shape index (κ2) is 9.14. The van der Waals surface area contributed by atoms with Crippen LogP contribution in [0, 0.1) is 27.7 Å². The predicted molar refractivity (Wildman–Crippen MR) is 135 cm³/mol. The molecule has 4 aromatic rings. The number of benzene rings is 4. The first kappa shape index (κ1) is 23.2. The monoisotopic (exact) mass is 454 g/mol. The molecule has 0 amide bonds. The van der Waals surface area contributed by atoms with Gasteiger partial charge in [-0.25, -0.2) is 0 Å². The van der Waals surface area contributed by atoms with Crippen molar-refractivity contribution < 1.29 is 20.4 Å². The molecule has 174 valence electrons. The lowest BCUT2D eigenvalue weighted by atomic mass is 9.72. The molecular formula is C30H30O4. The second-order valence-electron chi connectivity index (χ2n) is 9.20. The Morgan fingerprint density at radius 1 is 0.382 bits per heavy atom. The molecule has 0 heterocycles. The Morgan fingerprint density at radius 2 is 0.588 bits per heavy atom. The molecule has 4 N–H and O–H groups in total. The Balaban J connectivity index is 2.14. The summed E-state index contributed by atoms with van der Waals surface area (Å²) in [7, 11) is 0. The summed E-state index contributed by atoms with van der Waals surface area (Å²) in [5, 5.41) is 44.0. The molecule has 0 fully saturated rings. The third kappa shape index (κ3) is 4.44. The van der Waals surface area contributed by atoms with Crippen LogP contribution in [0.2, 0.25) is 0 Å².